The highest BCUT2D eigenvalue weighted by Crippen LogP contribution is 2.22. The molecule has 0 bridgehead atoms. The van der Waals surface area contributed by atoms with Crippen molar-refractivity contribution in [3.05, 3.63) is 107 Å². The van der Waals surface area contributed by atoms with E-state index in [9.17, 15) is 0 Å². The van der Waals surface area contributed by atoms with Crippen LogP contribution in [-0.4, -0.2) is 5.11 Å². The first-order valence-electron chi connectivity index (χ1n) is 8.42. The first kappa shape index (κ1) is 17.2. The van der Waals surface area contributed by atoms with E-state index in [1.807, 2.05) is 24.3 Å². The molecule has 0 fully saturated rings. The fraction of sp³-hybridized carbons (Fsp3) is 0.136. The Kier molecular flexibility index (Phi) is 5.81. The lowest BCUT2D eigenvalue weighted by molar-refractivity contribution is 0.735. The van der Waals surface area contributed by atoms with Crippen LogP contribution < -0.4 is 10.6 Å². The van der Waals surface area contributed by atoms with E-state index in [0.29, 0.717) is 11.7 Å². The summed E-state index contributed by atoms with van der Waals surface area (Å²) in [6, 6.07) is 29.2. The number of benzene rings is 3. The van der Waals surface area contributed by atoms with Gasteiger partial charge in [0.15, 0.2) is 5.11 Å². The largest absolute Gasteiger partial charge is 0.359 e. The Balaban J connectivity index is 1.73. The Hall–Kier alpha value is -2.65. The molecule has 0 aliphatic heterocycles. The maximum atomic E-state index is 5.53. The van der Waals surface area contributed by atoms with Crippen molar-refractivity contribution in [2.45, 2.75) is 19.5 Å². The minimum Gasteiger partial charge on any atom is -0.359 e. The lowest BCUT2D eigenvalue weighted by atomic mass is 9.98. The SMILES string of the molecule is Cc1ccc([C@@H](NC(=S)NCc2ccccc2)c2ccccc2)cc1. The molecule has 0 heterocycles. The Morgan fingerprint density at radius 1 is 0.800 bits per heavy atom. The molecular formula is C22H22N2S. The van der Waals surface area contributed by atoms with E-state index in [1.165, 1.54) is 22.3 Å². The number of rotatable bonds is 5. The summed E-state index contributed by atoms with van der Waals surface area (Å²) in [7, 11) is 0. The molecule has 126 valence electrons. The highest BCUT2D eigenvalue weighted by atomic mass is 32.1. The minimum atomic E-state index is 0.0255. The summed E-state index contributed by atoms with van der Waals surface area (Å²) in [5, 5.41) is 7.41. The molecule has 0 aliphatic rings. The number of aryl methyl sites for hydroxylation is 1. The van der Waals surface area contributed by atoms with E-state index in [4.69, 9.17) is 12.2 Å². The molecule has 0 radical (unpaired) electrons. The lowest BCUT2D eigenvalue weighted by Crippen LogP contribution is -2.37. The van der Waals surface area contributed by atoms with E-state index < -0.39 is 0 Å². The van der Waals surface area contributed by atoms with Crippen LogP contribution in [0.4, 0.5) is 0 Å². The molecule has 0 spiro atoms. The van der Waals surface area contributed by atoms with Crippen LogP contribution in [0.15, 0.2) is 84.9 Å². The van der Waals surface area contributed by atoms with Crippen molar-refractivity contribution in [1.29, 1.82) is 0 Å². The summed E-state index contributed by atoms with van der Waals surface area (Å²) in [4.78, 5) is 0. The summed E-state index contributed by atoms with van der Waals surface area (Å²) < 4.78 is 0. The second-order valence-corrected chi connectivity index (χ2v) is 6.48. The van der Waals surface area contributed by atoms with Crippen molar-refractivity contribution < 1.29 is 0 Å². The molecule has 0 amide bonds. The van der Waals surface area contributed by atoms with Gasteiger partial charge in [0.2, 0.25) is 0 Å². The third-order valence-corrected chi connectivity index (χ3v) is 4.38. The predicted octanol–water partition coefficient (Wildman–Crippen LogP) is 4.75. The van der Waals surface area contributed by atoms with Gasteiger partial charge in [-0.1, -0.05) is 90.5 Å². The van der Waals surface area contributed by atoms with Gasteiger partial charge in [0.05, 0.1) is 6.04 Å². The number of hydrogen-bond donors (Lipinski definition) is 2. The van der Waals surface area contributed by atoms with Gasteiger partial charge in [0.25, 0.3) is 0 Å². The van der Waals surface area contributed by atoms with Gasteiger partial charge in [0.1, 0.15) is 0 Å². The number of nitrogens with one attached hydrogen (secondary N) is 2. The van der Waals surface area contributed by atoms with Gasteiger partial charge in [-0.2, -0.15) is 0 Å². The lowest BCUT2D eigenvalue weighted by Gasteiger charge is -2.22. The molecule has 0 saturated carbocycles. The van der Waals surface area contributed by atoms with Gasteiger partial charge in [0, 0.05) is 6.54 Å². The van der Waals surface area contributed by atoms with Crippen molar-refractivity contribution in [2.75, 3.05) is 0 Å². The maximum Gasteiger partial charge on any atom is 0.167 e. The molecule has 3 aromatic carbocycles. The molecule has 1 atom stereocenters. The molecular weight excluding hydrogens is 324 g/mol. The fourth-order valence-electron chi connectivity index (χ4n) is 2.72. The van der Waals surface area contributed by atoms with E-state index in [-0.39, 0.29) is 6.04 Å². The smallest absolute Gasteiger partial charge is 0.167 e. The van der Waals surface area contributed by atoms with E-state index in [2.05, 4.69) is 78.2 Å². The highest BCUT2D eigenvalue weighted by Gasteiger charge is 2.14. The molecule has 0 unspecified atom stereocenters. The number of hydrogen-bond acceptors (Lipinski definition) is 1. The average molecular weight is 346 g/mol. The summed E-state index contributed by atoms with van der Waals surface area (Å²) >= 11 is 5.53. The van der Waals surface area contributed by atoms with Crippen molar-refractivity contribution in [3.8, 4) is 0 Å². The summed E-state index contributed by atoms with van der Waals surface area (Å²) in [5.74, 6) is 0. The van der Waals surface area contributed by atoms with Crippen LogP contribution in [0.2, 0.25) is 0 Å². The third kappa shape index (κ3) is 4.91. The van der Waals surface area contributed by atoms with E-state index in [1.54, 1.807) is 0 Å². The first-order chi connectivity index (χ1) is 12.2. The summed E-state index contributed by atoms with van der Waals surface area (Å²) in [6.45, 7) is 2.81. The van der Waals surface area contributed by atoms with Crippen LogP contribution >= 0.6 is 12.2 Å². The zero-order valence-electron chi connectivity index (χ0n) is 14.3. The zero-order valence-corrected chi connectivity index (χ0v) is 15.1. The average Bonchev–Trinajstić information content (AvgIpc) is 2.67. The van der Waals surface area contributed by atoms with Gasteiger partial charge < -0.3 is 10.6 Å². The van der Waals surface area contributed by atoms with Crippen molar-refractivity contribution in [2.24, 2.45) is 0 Å². The Morgan fingerprint density at radius 3 is 2.00 bits per heavy atom. The Bertz CT molecular complexity index is 798. The van der Waals surface area contributed by atoms with E-state index in [0.717, 1.165) is 0 Å². The van der Waals surface area contributed by atoms with Crippen LogP contribution in [0.1, 0.15) is 28.3 Å². The standard InChI is InChI=1S/C22H22N2S/c1-17-12-14-20(15-13-17)21(19-10-6-3-7-11-19)24-22(25)23-16-18-8-4-2-5-9-18/h2-15,21H,16H2,1H3,(H2,23,24,25)/t21-/m0/s1. The summed E-state index contributed by atoms with van der Waals surface area (Å²) in [6.07, 6.45) is 0. The zero-order chi connectivity index (χ0) is 17.5. The molecule has 0 saturated heterocycles. The third-order valence-electron chi connectivity index (χ3n) is 4.11. The highest BCUT2D eigenvalue weighted by molar-refractivity contribution is 7.80. The van der Waals surface area contributed by atoms with Gasteiger partial charge in [-0.3, -0.25) is 0 Å². The minimum absolute atomic E-state index is 0.0255. The van der Waals surface area contributed by atoms with Crippen molar-refractivity contribution >= 4 is 17.3 Å². The van der Waals surface area contributed by atoms with Gasteiger partial charge in [-0.05, 0) is 35.8 Å². The van der Waals surface area contributed by atoms with Crippen molar-refractivity contribution in [1.82, 2.24) is 10.6 Å². The van der Waals surface area contributed by atoms with Gasteiger partial charge >= 0.3 is 0 Å². The Labute approximate surface area is 154 Å². The molecule has 2 nitrogen and oxygen atoms in total. The maximum absolute atomic E-state index is 5.53. The fourth-order valence-corrected chi connectivity index (χ4v) is 2.91. The monoisotopic (exact) mass is 346 g/mol. The molecule has 0 aromatic heterocycles. The quantitative estimate of drug-likeness (QED) is 0.652. The van der Waals surface area contributed by atoms with Crippen LogP contribution in [0.3, 0.4) is 0 Å². The normalized spacial score (nSPS) is 11.6. The Morgan fingerprint density at radius 2 is 1.36 bits per heavy atom. The topological polar surface area (TPSA) is 24.1 Å². The predicted molar refractivity (Wildman–Crippen MR) is 108 cm³/mol. The number of thiocarbonyl (C=S) groups is 1. The molecule has 0 aliphatic carbocycles. The van der Waals surface area contributed by atoms with Gasteiger partial charge in [-0.25, -0.2) is 0 Å². The van der Waals surface area contributed by atoms with Crippen LogP contribution in [0, 0.1) is 6.92 Å². The molecule has 3 rings (SSSR count). The van der Waals surface area contributed by atoms with Crippen LogP contribution in [-0.2, 0) is 6.54 Å². The molecule has 3 aromatic rings. The van der Waals surface area contributed by atoms with Crippen LogP contribution in [0.25, 0.3) is 0 Å². The second-order valence-electron chi connectivity index (χ2n) is 6.07. The second kappa shape index (κ2) is 8.45. The summed E-state index contributed by atoms with van der Waals surface area (Å²) in [5.41, 5.74) is 4.84. The first-order valence-corrected chi connectivity index (χ1v) is 8.83. The van der Waals surface area contributed by atoms with Crippen molar-refractivity contribution in [3.63, 3.8) is 0 Å². The molecule has 2 N–H and O–H groups in total. The molecule has 3 heteroatoms. The van der Waals surface area contributed by atoms with Gasteiger partial charge in [-0.15, -0.1) is 0 Å². The van der Waals surface area contributed by atoms with E-state index >= 15 is 0 Å². The molecule has 25 heavy (non-hydrogen) atoms. The van der Waals surface area contributed by atoms with Crippen LogP contribution in [0.5, 0.6) is 0 Å².